The van der Waals surface area contributed by atoms with Crippen molar-refractivity contribution in [1.29, 1.82) is 0 Å². The fourth-order valence-corrected chi connectivity index (χ4v) is 2.71. The molecule has 1 aromatic rings. The molecule has 3 N–H and O–H groups in total. The first-order valence-corrected chi connectivity index (χ1v) is 7.03. The van der Waals surface area contributed by atoms with E-state index in [0.29, 0.717) is 5.82 Å². The SMILES string of the molecule is Cc1c(NN)ncnc1N1CCN(CC2CC2)CC1. The van der Waals surface area contributed by atoms with Gasteiger partial charge in [0.05, 0.1) is 0 Å². The van der Waals surface area contributed by atoms with Gasteiger partial charge in [-0.25, -0.2) is 15.8 Å². The molecule has 1 aliphatic carbocycles. The van der Waals surface area contributed by atoms with Crippen molar-refractivity contribution in [1.82, 2.24) is 14.9 Å². The van der Waals surface area contributed by atoms with E-state index < -0.39 is 0 Å². The normalized spacial score (nSPS) is 20.6. The Hall–Kier alpha value is -1.40. The molecule has 2 heterocycles. The number of hydrogen-bond acceptors (Lipinski definition) is 6. The molecule has 1 aliphatic heterocycles. The standard InChI is InChI=1S/C13H22N6/c1-10-12(17-14)15-9-16-13(10)19-6-4-18(5-7-19)8-11-2-3-11/h9,11H,2-8,14H2,1H3,(H,15,16,17). The summed E-state index contributed by atoms with van der Waals surface area (Å²) in [4.78, 5) is 13.5. The Bertz CT molecular complexity index is 437. The monoisotopic (exact) mass is 262 g/mol. The van der Waals surface area contributed by atoms with Crippen molar-refractivity contribution >= 4 is 11.6 Å². The maximum atomic E-state index is 5.47. The molecular weight excluding hydrogens is 240 g/mol. The van der Waals surface area contributed by atoms with Gasteiger partial charge in [-0.3, -0.25) is 4.90 Å². The number of nitrogens with one attached hydrogen (secondary N) is 1. The number of nitrogen functional groups attached to an aromatic ring is 1. The molecule has 0 atom stereocenters. The summed E-state index contributed by atoms with van der Waals surface area (Å²) in [5.74, 6) is 8.16. The fourth-order valence-electron chi connectivity index (χ4n) is 2.71. The highest BCUT2D eigenvalue weighted by Gasteiger charge is 2.27. The summed E-state index contributed by atoms with van der Waals surface area (Å²) in [6, 6.07) is 0. The van der Waals surface area contributed by atoms with Crippen LogP contribution >= 0.6 is 0 Å². The molecule has 0 unspecified atom stereocenters. The van der Waals surface area contributed by atoms with E-state index in [1.54, 1.807) is 6.33 Å². The van der Waals surface area contributed by atoms with Crippen LogP contribution in [0.3, 0.4) is 0 Å². The van der Waals surface area contributed by atoms with Crippen LogP contribution in [0.25, 0.3) is 0 Å². The number of nitrogens with two attached hydrogens (primary N) is 1. The van der Waals surface area contributed by atoms with E-state index in [1.807, 2.05) is 6.92 Å². The van der Waals surface area contributed by atoms with Crippen molar-refractivity contribution in [2.45, 2.75) is 19.8 Å². The van der Waals surface area contributed by atoms with Gasteiger partial charge in [-0.1, -0.05) is 0 Å². The predicted molar refractivity (Wildman–Crippen MR) is 76.0 cm³/mol. The zero-order valence-corrected chi connectivity index (χ0v) is 11.5. The molecule has 104 valence electrons. The van der Waals surface area contributed by atoms with Crippen LogP contribution in [0.2, 0.25) is 0 Å². The summed E-state index contributed by atoms with van der Waals surface area (Å²) in [5, 5.41) is 0. The summed E-state index contributed by atoms with van der Waals surface area (Å²) in [5.41, 5.74) is 3.66. The predicted octanol–water partition coefficient (Wildman–Crippen LogP) is 0.603. The van der Waals surface area contributed by atoms with Crippen LogP contribution < -0.4 is 16.2 Å². The summed E-state index contributed by atoms with van der Waals surface area (Å²) in [6.45, 7) is 7.63. The van der Waals surface area contributed by atoms with Gasteiger partial charge in [-0.05, 0) is 25.7 Å². The van der Waals surface area contributed by atoms with E-state index in [-0.39, 0.29) is 0 Å². The second-order valence-corrected chi connectivity index (χ2v) is 5.55. The van der Waals surface area contributed by atoms with Gasteiger partial charge in [0.15, 0.2) is 0 Å². The average Bonchev–Trinajstić information content (AvgIpc) is 3.24. The number of rotatable bonds is 4. The van der Waals surface area contributed by atoms with E-state index >= 15 is 0 Å². The highest BCUT2D eigenvalue weighted by molar-refractivity contribution is 5.57. The molecule has 1 saturated carbocycles. The van der Waals surface area contributed by atoms with E-state index in [4.69, 9.17) is 5.84 Å². The molecule has 2 aliphatic rings. The average molecular weight is 262 g/mol. The van der Waals surface area contributed by atoms with Crippen molar-refractivity contribution in [2.75, 3.05) is 43.0 Å². The molecule has 0 bridgehead atoms. The van der Waals surface area contributed by atoms with Crippen LogP contribution in [-0.4, -0.2) is 47.6 Å². The number of anilines is 2. The maximum absolute atomic E-state index is 5.47. The van der Waals surface area contributed by atoms with Gasteiger partial charge in [0.2, 0.25) is 0 Å². The topological polar surface area (TPSA) is 70.3 Å². The Morgan fingerprint density at radius 3 is 2.63 bits per heavy atom. The minimum atomic E-state index is 0.713. The van der Waals surface area contributed by atoms with Gasteiger partial charge in [0.25, 0.3) is 0 Å². The molecule has 1 aromatic heterocycles. The minimum absolute atomic E-state index is 0.713. The van der Waals surface area contributed by atoms with Crippen molar-refractivity contribution < 1.29 is 0 Å². The summed E-state index contributed by atoms with van der Waals surface area (Å²) >= 11 is 0. The summed E-state index contributed by atoms with van der Waals surface area (Å²) in [6.07, 6.45) is 4.43. The van der Waals surface area contributed by atoms with Crippen LogP contribution in [0.15, 0.2) is 6.33 Å². The number of piperazine rings is 1. The number of hydrazine groups is 1. The van der Waals surface area contributed by atoms with Gasteiger partial charge in [-0.15, -0.1) is 0 Å². The zero-order valence-electron chi connectivity index (χ0n) is 11.5. The van der Waals surface area contributed by atoms with Crippen LogP contribution in [-0.2, 0) is 0 Å². The summed E-state index contributed by atoms with van der Waals surface area (Å²) in [7, 11) is 0. The smallest absolute Gasteiger partial charge is 0.148 e. The van der Waals surface area contributed by atoms with E-state index in [0.717, 1.165) is 43.5 Å². The maximum Gasteiger partial charge on any atom is 0.148 e. The van der Waals surface area contributed by atoms with Crippen LogP contribution in [0.4, 0.5) is 11.6 Å². The van der Waals surface area contributed by atoms with Gasteiger partial charge in [-0.2, -0.15) is 0 Å². The lowest BCUT2D eigenvalue weighted by Gasteiger charge is -2.36. The molecule has 0 spiro atoms. The largest absolute Gasteiger partial charge is 0.354 e. The fraction of sp³-hybridized carbons (Fsp3) is 0.692. The Kier molecular flexibility index (Phi) is 3.52. The van der Waals surface area contributed by atoms with Crippen molar-refractivity contribution in [3.63, 3.8) is 0 Å². The molecule has 6 heteroatoms. The van der Waals surface area contributed by atoms with Gasteiger partial charge >= 0.3 is 0 Å². The van der Waals surface area contributed by atoms with Gasteiger partial charge in [0, 0.05) is 38.3 Å². The minimum Gasteiger partial charge on any atom is -0.354 e. The highest BCUT2D eigenvalue weighted by atomic mass is 15.3. The van der Waals surface area contributed by atoms with Crippen LogP contribution in [0.1, 0.15) is 18.4 Å². The van der Waals surface area contributed by atoms with Crippen molar-refractivity contribution in [3.8, 4) is 0 Å². The highest BCUT2D eigenvalue weighted by Crippen LogP contribution is 2.30. The summed E-state index contributed by atoms with van der Waals surface area (Å²) < 4.78 is 0. The zero-order chi connectivity index (χ0) is 13.2. The third-order valence-corrected chi connectivity index (χ3v) is 4.08. The second kappa shape index (κ2) is 5.30. The number of hydrogen-bond donors (Lipinski definition) is 2. The first-order valence-electron chi connectivity index (χ1n) is 7.03. The lowest BCUT2D eigenvalue weighted by molar-refractivity contribution is 0.247. The van der Waals surface area contributed by atoms with Crippen molar-refractivity contribution in [3.05, 3.63) is 11.9 Å². The van der Waals surface area contributed by atoms with Gasteiger partial charge < -0.3 is 10.3 Å². The molecule has 0 radical (unpaired) electrons. The first-order chi connectivity index (χ1) is 9.28. The van der Waals surface area contributed by atoms with Crippen LogP contribution in [0, 0.1) is 12.8 Å². The number of aromatic nitrogens is 2. The first kappa shape index (κ1) is 12.6. The third kappa shape index (κ3) is 2.79. The third-order valence-electron chi connectivity index (χ3n) is 4.08. The molecule has 6 nitrogen and oxygen atoms in total. The van der Waals surface area contributed by atoms with Crippen LogP contribution in [0.5, 0.6) is 0 Å². The molecule has 0 amide bonds. The van der Waals surface area contributed by atoms with E-state index in [1.165, 1.54) is 19.4 Å². The lowest BCUT2D eigenvalue weighted by Crippen LogP contribution is -2.47. The van der Waals surface area contributed by atoms with Crippen molar-refractivity contribution in [2.24, 2.45) is 11.8 Å². The molecule has 19 heavy (non-hydrogen) atoms. The second-order valence-electron chi connectivity index (χ2n) is 5.55. The van der Waals surface area contributed by atoms with E-state index in [9.17, 15) is 0 Å². The number of nitrogens with zero attached hydrogens (tertiary/aromatic N) is 4. The Balaban J connectivity index is 1.64. The Morgan fingerprint density at radius 2 is 2.00 bits per heavy atom. The van der Waals surface area contributed by atoms with E-state index in [2.05, 4.69) is 25.2 Å². The molecule has 0 aromatic carbocycles. The Morgan fingerprint density at radius 1 is 1.26 bits per heavy atom. The molecular formula is C13H22N6. The molecule has 3 rings (SSSR count). The lowest BCUT2D eigenvalue weighted by atomic mass is 10.2. The quantitative estimate of drug-likeness (QED) is 0.612. The molecule has 1 saturated heterocycles. The molecule has 2 fully saturated rings. The van der Waals surface area contributed by atoms with Gasteiger partial charge in [0.1, 0.15) is 18.0 Å². The Labute approximate surface area is 114 Å².